The smallest absolute Gasteiger partial charge is 0.196 e. The topological polar surface area (TPSA) is 17.1 Å². The van der Waals surface area contributed by atoms with E-state index in [2.05, 4.69) is 0 Å². The number of benzene rings is 2. The fraction of sp³-hybridized carbons (Fsp3) is 0. The second-order valence-electron chi connectivity index (χ2n) is 3.70. The predicted molar refractivity (Wildman–Crippen MR) is 61.2 cm³/mol. The van der Waals surface area contributed by atoms with Crippen molar-refractivity contribution in [3.05, 3.63) is 69.8 Å². The summed E-state index contributed by atoms with van der Waals surface area (Å²) in [6, 6.07) is 3.70. The quantitative estimate of drug-likeness (QED) is 0.461. The third-order valence-electron chi connectivity index (χ3n) is 2.44. The van der Waals surface area contributed by atoms with Crippen molar-refractivity contribution in [3.8, 4) is 0 Å². The number of carbonyl (C=O) groups is 1. The average Bonchev–Trinajstić information content (AvgIpc) is 2.36. The minimum absolute atomic E-state index is 0.128. The van der Waals surface area contributed by atoms with Crippen LogP contribution >= 0.6 is 11.6 Å². The first-order valence-electron chi connectivity index (χ1n) is 5.04. The molecule has 0 bridgehead atoms. The van der Waals surface area contributed by atoms with E-state index in [1.54, 1.807) is 0 Å². The zero-order valence-electron chi connectivity index (χ0n) is 9.18. The van der Waals surface area contributed by atoms with Crippen molar-refractivity contribution in [2.24, 2.45) is 0 Å². The standard InChI is InChI=1S/C13H5ClF4O/c14-8-3-6(1-2-9(8)15)13(19)7-4-11(17)12(18)5-10(7)16/h1-5H. The van der Waals surface area contributed by atoms with Crippen LogP contribution in [0, 0.1) is 23.3 Å². The first-order valence-corrected chi connectivity index (χ1v) is 5.42. The second kappa shape index (κ2) is 5.01. The predicted octanol–water partition coefficient (Wildman–Crippen LogP) is 4.13. The van der Waals surface area contributed by atoms with Gasteiger partial charge < -0.3 is 0 Å². The maximum atomic E-state index is 13.4. The Labute approximate surface area is 110 Å². The van der Waals surface area contributed by atoms with Crippen molar-refractivity contribution in [3.63, 3.8) is 0 Å². The van der Waals surface area contributed by atoms with Gasteiger partial charge in [-0.15, -0.1) is 0 Å². The van der Waals surface area contributed by atoms with Gasteiger partial charge in [0.1, 0.15) is 11.6 Å². The molecule has 0 radical (unpaired) electrons. The van der Waals surface area contributed by atoms with Gasteiger partial charge in [-0.3, -0.25) is 4.79 Å². The molecule has 0 fully saturated rings. The number of carbonyl (C=O) groups excluding carboxylic acids is 1. The molecule has 0 heterocycles. The summed E-state index contributed by atoms with van der Waals surface area (Å²) in [6.45, 7) is 0. The Morgan fingerprint density at radius 3 is 2.11 bits per heavy atom. The minimum Gasteiger partial charge on any atom is -0.288 e. The average molecular weight is 289 g/mol. The molecule has 2 rings (SSSR count). The Hall–Kier alpha value is -1.88. The molecule has 6 heteroatoms. The second-order valence-corrected chi connectivity index (χ2v) is 4.11. The Bertz CT molecular complexity index is 670. The van der Waals surface area contributed by atoms with Crippen molar-refractivity contribution in [2.45, 2.75) is 0 Å². The number of hydrogen-bond acceptors (Lipinski definition) is 1. The Kier molecular flexibility index (Phi) is 3.57. The molecule has 0 saturated carbocycles. The Morgan fingerprint density at radius 2 is 1.47 bits per heavy atom. The van der Waals surface area contributed by atoms with Crippen LogP contribution in [0.5, 0.6) is 0 Å². The number of ketones is 1. The van der Waals surface area contributed by atoms with Gasteiger partial charge in [0, 0.05) is 11.6 Å². The summed E-state index contributed by atoms with van der Waals surface area (Å²) in [6.07, 6.45) is 0. The van der Waals surface area contributed by atoms with Crippen molar-refractivity contribution in [1.82, 2.24) is 0 Å². The van der Waals surface area contributed by atoms with Gasteiger partial charge in [0.25, 0.3) is 0 Å². The lowest BCUT2D eigenvalue weighted by atomic mass is 10.0. The highest BCUT2D eigenvalue weighted by Gasteiger charge is 2.18. The summed E-state index contributed by atoms with van der Waals surface area (Å²) in [7, 11) is 0. The number of halogens is 5. The molecule has 0 saturated heterocycles. The molecule has 1 nitrogen and oxygen atoms in total. The van der Waals surface area contributed by atoms with E-state index in [1.165, 1.54) is 0 Å². The molecule has 19 heavy (non-hydrogen) atoms. The first-order chi connectivity index (χ1) is 8.90. The van der Waals surface area contributed by atoms with Crippen LogP contribution in [-0.4, -0.2) is 5.78 Å². The van der Waals surface area contributed by atoms with E-state index in [0.717, 1.165) is 18.2 Å². The van der Waals surface area contributed by atoms with Crippen molar-refractivity contribution < 1.29 is 22.4 Å². The van der Waals surface area contributed by atoms with Crippen LogP contribution in [0.25, 0.3) is 0 Å². The van der Waals surface area contributed by atoms with Gasteiger partial charge in [-0.25, -0.2) is 17.6 Å². The van der Waals surface area contributed by atoms with E-state index >= 15 is 0 Å². The monoisotopic (exact) mass is 288 g/mol. The molecule has 0 unspecified atom stereocenters. The van der Waals surface area contributed by atoms with Crippen LogP contribution in [0.1, 0.15) is 15.9 Å². The van der Waals surface area contributed by atoms with Gasteiger partial charge >= 0.3 is 0 Å². The summed E-state index contributed by atoms with van der Waals surface area (Å²) in [5, 5.41) is -0.325. The molecule has 0 aromatic heterocycles. The molecule has 0 atom stereocenters. The van der Waals surface area contributed by atoms with Crippen molar-refractivity contribution in [1.29, 1.82) is 0 Å². The van der Waals surface area contributed by atoms with Crippen LogP contribution in [-0.2, 0) is 0 Å². The highest BCUT2D eigenvalue weighted by atomic mass is 35.5. The van der Waals surface area contributed by atoms with Crippen LogP contribution in [0.4, 0.5) is 17.6 Å². The van der Waals surface area contributed by atoms with E-state index in [4.69, 9.17) is 11.6 Å². The van der Waals surface area contributed by atoms with Crippen LogP contribution in [0.2, 0.25) is 5.02 Å². The molecule has 98 valence electrons. The zero-order chi connectivity index (χ0) is 14.2. The lowest BCUT2D eigenvalue weighted by molar-refractivity contribution is 0.103. The van der Waals surface area contributed by atoms with Gasteiger partial charge in [0.05, 0.1) is 10.6 Å². The van der Waals surface area contributed by atoms with Gasteiger partial charge in [-0.2, -0.15) is 0 Å². The fourth-order valence-electron chi connectivity index (χ4n) is 1.49. The molecule has 0 amide bonds. The molecule has 0 spiro atoms. The highest BCUT2D eigenvalue weighted by molar-refractivity contribution is 6.31. The summed E-state index contributed by atoms with van der Waals surface area (Å²) < 4.78 is 52.1. The molecule has 0 aliphatic carbocycles. The van der Waals surface area contributed by atoms with Crippen LogP contribution in [0.3, 0.4) is 0 Å². The lowest BCUT2D eigenvalue weighted by Gasteiger charge is -2.04. The first kappa shape index (κ1) is 13.5. The Balaban J connectivity index is 2.49. The Morgan fingerprint density at radius 1 is 0.842 bits per heavy atom. The summed E-state index contributed by atoms with van der Waals surface area (Å²) in [4.78, 5) is 11.9. The van der Waals surface area contributed by atoms with Crippen molar-refractivity contribution in [2.75, 3.05) is 0 Å². The molecule has 2 aromatic rings. The number of rotatable bonds is 2. The normalized spacial score (nSPS) is 10.6. The maximum Gasteiger partial charge on any atom is 0.196 e. The van der Waals surface area contributed by atoms with E-state index < -0.39 is 34.6 Å². The largest absolute Gasteiger partial charge is 0.288 e. The van der Waals surface area contributed by atoms with E-state index in [9.17, 15) is 22.4 Å². The van der Waals surface area contributed by atoms with E-state index in [-0.39, 0.29) is 16.7 Å². The molecule has 0 aliphatic rings. The third kappa shape index (κ3) is 2.61. The minimum atomic E-state index is -1.40. The SMILES string of the molecule is O=C(c1ccc(F)c(Cl)c1)c1cc(F)c(F)cc1F. The number of hydrogen-bond donors (Lipinski definition) is 0. The van der Waals surface area contributed by atoms with E-state index in [0.29, 0.717) is 6.07 Å². The summed E-state index contributed by atoms with van der Waals surface area (Å²) in [5.74, 6) is -5.62. The molecular weight excluding hydrogens is 284 g/mol. The van der Waals surface area contributed by atoms with Crippen molar-refractivity contribution >= 4 is 17.4 Å². The molecular formula is C13H5ClF4O. The fourth-order valence-corrected chi connectivity index (χ4v) is 1.67. The maximum absolute atomic E-state index is 13.4. The van der Waals surface area contributed by atoms with E-state index in [1.807, 2.05) is 0 Å². The molecule has 2 aromatic carbocycles. The van der Waals surface area contributed by atoms with Gasteiger partial charge in [0.2, 0.25) is 0 Å². The molecule has 0 aliphatic heterocycles. The lowest BCUT2D eigenvalue weighted by Crippen LogP contribution is -2.06. The highest BCUT2D eigenvalue weighted by Crippen LogP contribution is 2.21. The van der Waals surface area contributed by atoms with Gasteiger partial charge in [-0.05, 0) is 24.3 Å². The van der Waals surface area contributed by atoms with Gasteiger partial charge in [-0.1, -0.05) is 11.6 Å². The molecule has 0 N–H and O–H groups in total. The van der Waals surface area contributed by atoms with Gasteiger partial charge in [0.15, 0.2) is 17.4 Å². The zero-order valence-corrected chi connectivity index (χ0v) is 9.94. The third-order valence-corrected chi connectivity index (χ3v) is 2.73. The summed E-state index contributed by atoms with van der Waals surface area (Å²) in [5.41, 5.74) is -0.780. The van der Waals surface area contributed by atoms with Crippen LogP contribution < -0.4 is 0 Å². The summed E-state index contributed by atoms with van der Waals surface area (Å²) >= 11 is 5.49. The van der Waals surface area contributed by atoms with Crippen LogP contribution in [0.15, 0.2) is 30.3 Å².